The minimum absolute atomic E-state index is 0.0851. The molecule has 0 N–H and O–H groups in total. The van der Waals surface area contributed by atoms with Gasteiger partial charge >= 0.3 is 0 Å². The van der Waals surface area contributed by atoms with Gasteiger partial charge < -0.3 is 0 Å². The quantitative estimate of drug-likeness (QED) is 0.538. The van der Waals surface area contributed by atoms with E-state index < -0.39 is 0 Å². The number of halogens is 1. The number of amides is 1. The van der Waals surface area contributed by atoms with Crippen LogP contribution in [-0.2, 0) is 11.3 Å². The topological polar surface area (TPSA) is 50.5 Å². The minimum atomic E-state index is -0.292. The number of nitrogens with zero attached hydrogens (tertiary/aromatic N) is 4. The van der Waals surface area contributed by atoms with Gasteiger partial charge in [-0.2, -0.15) is 10.2 Å². The van der Waals surface area contributed by atoms with Crippen molar-refractivity contribution in [3.8, 4) is 0 Å². The van der Waals surface area contributed by atoms with Crippen LogP contribution in [0.1, 0.15) is 42.0 Å². The fourth-order valence-corrected chi connectivity index (χ4v) is 3.85. The molecule has 5 nitrogen and oxygen atoms in total. The van der Waals surface area contributed by atoms with Gasteiger partial charge in [0.15, 0.2) is 0 Å². The molecule has 154 valence electrons. The van der Waals surface area contributed by atoms with E-state index in [4.69, 9.17) is 0 Å². The van der Waals surface area contributed by atoms with Crippen molar-refractivity contribution in [2.75, 3.05) is 0 Å². The summed E-state index contributed by atoms with van der Waals surface area (Å²) in [7, 11) is 0. The Bertz CT molecular complexity index is 1130. The van der Waals surface area contributed by atoms with Crippen molar-refractivity contribution < 1.29 is 9.18 Å². The van der Waals surface area contributed by atoms with Crippen molar-refractivity contribution in [3.05, 3.63) is 77.3 Å². The maximum absolute atomic E-state index is 13.8. The van der Waals surface area contributed by atoms with Crippen LogP contribution in [0.15, 0.2) is 59.8 Å². The highest BCUT2D eigenvalue weighted by atomic mass is 19.1. The van der Waals surface area contributed by atoms with E-state index in [2.05, 4.69) is 35.0 Å². The Morgan fingerprint density at radius 2 is 2.00 bits per heavy atom. The number of hydrogen-bond donors (Lipinski definition) is 0. The molecule has 1 amide bonds. The molecule has 0 spiro atoms. The molecule has 0 saturated heterocycles. The Morgan fingerprint density at radius 3 is 2.80 bits per heavy atom. The second-order valence-corrected chi connectivity index (χ2v) is 7.99. The van der Waals surface area contributed by atoms with Crippen LogP contribution in [0.25, 0.3) is 10.9 Å². The lowest BCUT2D eigenvalue weighted by atomic mass is 10.0. The van der Waals surface area contributed by atoms with Crippen LogP contribution in [0.4, 0.5) is 4.39 Å². The number of fused-ring (bicyclic) bond motifs is 1. The molecule has 2 heterocycles. The molecule has 1 aliphatic rings. The number of allylic oxidation sites excluding steroid dienone is 1. The fraction of sp³-hybridized carbons (Fsp3) is 0.292. The SMILES string of the molecule is C=C(CCC(=O)N1N=CCC1c1cc(C)cc(F)c1)Cn1cc2ccc(C)cc2n1. The summed E-state index contributed by atoms with van der Waals surface area (Å²) in [5.41, 5.74) is 4.66. The van der Waals surface area contributed by atoms with Gasteiger partial charge in [0.05, 0.1) is 18.1 Å². The van der Waals surface area contributed by atoms with Gasteiger partial charge in [0.25, 0.3) is 0 Å². The molecule has 6 heteroatoms. The average molecular weight is 404 g/mol. The Morgan fingerprint density at radius 1 is 1.17 bits per heavy atom. The Labute approximate surface area is 175 Å². The van der Waals surface area contributed by atoms with Gasteiger partial charge in [-0.25, -0.2) is 9.40 Å². The number of benzene rings is 2. The highest BCUT2D eigenvalue weighted by Gasteiger charge is 2.28. The third-order valence-electron chi connectivity index (χ3n) is 5.32. The molecule has 1 unspecified atom stereocenters. The number of rotatable bonds is 6. The number of carbonyl (C=O) groups excluding carboxylic acids is 1. The summed E-state index contributed by atoms with van der Waals surface area (Å²) in [4.78, 5) is 12.8. The van der Waals surface area contributed by atoms with Gasteiger partial charge in [-0.3, -0.25) is 9.48 Å². The summed E-state index contributed by atoms with van der Waals surface area (Å²) in [5.74, 6) is -0.377. The van der Waals surface area contributed by atoms with Crippen LogP contribution in [0.2, 0.25) is 0 Å². The molecule has 1 atom stereocenters. The van der Waals surface area contributed by atoms with E-state index in [0.717, 1.165) is 27.6 Å². The largest absolute Gasteiger partial charge is 0.273 e. The first kappa shape index (κ1) is 20.0. The highest BCUT2D eigenvalue weighted by molar-refractivity contribution is 5.80. The molecule has 1 aromatic heterocycles. The Balaban J connectivity index is 1.37. The maximum Gasteiger partial charge on any atom is 0.243 e. The van der Waals surface area contributed by atoms with Gasteiger partial charge in [-0.05, 0) is 55.2 Å². The van der Waals surface area contributed by atoms with Crippen LogP contribution in [0, 0.1) is 19.7 Å². The third-order valence-corrected chi connectivity index (χ3v) is 5.32. The second-order valence-electron chi connectivity index (χ2n) is 7.99. The zero-order chi connectivity index (χ0) is 21.3. The van der Waals surface area contributed by atoms with Crippen LogP contribution in [0.5, 0.6) is 0 Å². The summed E-state index contributed by atoms with van der Waals surface area (Å²) in [6, 6.07) is 10.8. The van der Waals surface area contributed by atoms with Crippen LogP contribution >= 0.6 is 0 Å². The summed E-state index contributed by atoms with van der Waals surface area (Å²) in [6.45, 7) is 8.57. The zero-order valence-electron chi connectivity index (χ0n) is 17.3. The normalized spacial score (nSPS) is 15.8. The first-order chi connectivity index (χ1) is 14.4. The Kier molecular flexibility index (Phi) is 5.48. The molecule has 3 aromatic rings. The van der Waals surface area contributed by atoms with E-state index in [1.54, 1.807) is 6.21 Å². The van der Waals surface area contributed by atoms with Crippen LogP contribution < -0.4 is 0 Å². The summed E-state index contributed by atoms with van der Waals surface area (Å²) < 4.78 is 15.7. The number of hydrogen-bond acceptors (Lipinski definition) is 3. The predicted molar refractivity (Wildman–Crippen MR) is 117 cm³/mol. The average Bonchev–Trinajstić information content (AvgIpc) is 3.31. The molecule has 0 saturated carbocycles. The standard InChI is InChI=1S/C24H25FN4O/c1-16-4-6-19-15-28(27-22(19)12-16)14-17(2)5-7-24(30)29-23(8-9-26-29)20-10-18(3)11-21(25)13-20/h4,6,9-13,15,23H,2,5,7-8,14H2,1,3H3. The van der Waals surface area contributed by atoms with Crippen molar-refractivity contribution in [2.45, 2.75) is 45.7 Å². The minimum Gasteiger partial charge on any atom is -0.273 e. The molecule has 30 heavy (non-hydrogen) atoms. The number of hydrazone groups is 1. The van der Waals surface area contributed by atoms with E-state index in [0.29, 0.717) is 25.8 Å². The van der Waals surface area contributed by atoms with E-state index >= 15 is 0 Å². The van der Waals surface area contributed by atoms with Gasteiger partial charge in [0, 0.05) is 30.6 Å². The number of aryl methyl sites for hydroxylation is 2. The molecular weight excluding hydrogens is 379 g/mol. The highest BCUT2D eigenvalue weighted by Crippen LogP contribution is 2.30. The molecule has 2 aromatic carbocycles. The molecule has 0 radical (unpaired) electrons. The Hall–Kier alpha value is -3.28. The predicted octanol–water partition coefficient (Wildman–Crippen LogP) is 5.09. The first-order valence-electron chi connectivity index (χ1n) is 10.1. The maximum atomic E-state index is 13.8. The molecule has 1 aliphatic heterocycles. The zero-order valence-corrected chi connectivity index (χ0v) is 17.3. The van der Waals surface area contributed by atoms with Gasteiger partial charge in [-0.15, -0.1) is 0 Å². The van der Waals surface area contributed by atoms with Crippen molar-refractivity contribution in [2.24, 2.45) is 5.10 Å². The lowest BCUT2D eigenvalue weighted by molar-refractivity contribution is -0.133. The van der Waals surface area contributed by atoms with Crippen molar-refractivity contribution >= 4 is 23.0 Å². The lowest BCUT2D eigenvalue weighted by Crippen LogP contribution is -2.27. The van der Waals surface area contributed by atoms with Crippen molar-refractivity contribution in [1.29, 1.82) is 0 Å². The first-order valence-corrected chi connectivity index (χ1v) is 10.1. The number of carbonyl (C=O) groups is 1. The van der Waals surface area contributed by atoms with E-state index in [1.165, 1.54) is 22.7 Å². The van der Waals surface area contributed by atoms with Crippen molar-refractivity contribution in [1.82, 2.24) is 14.8 Å². The smallest absolute Gasteiger partial charge is 0.243 e. The third kappa shape index (κ3) is 4.32. The van der Waals surface area contributed by atoms with Crippen molar-refractivity contribution in [3.63, 3.8) is 0 Å². The lowest BCUT2D eigenvalue weighted by Gasteiger charge is -2.23. The van der Waals surface area contributed by atoms with E-state index in [-0.39, 0.29) is 17.8 Å². The summed E-state index contributed by atoms with van der Waals surface area (Å²) in [5, 5.41) is 11.4. The monoisotopic (exact) mass is 404 g/mol. The van der Waals surface area contributed by atoms with E-state index in [1.807, 2.05) is 30.8 Å². The molecule has 0 fully saturated rings. The van der Waals surface area contributed by atoms with Gasteiger partial charge in [0.1, 0.15) is 5.82 Å². The van der Waals surface area contributed by atoms with Gasteiger partial charge in [-0.1, -0.05) is 30.4 Å². The molecule has 0 bridgehead atoms. The molecule has 4 rings (SSSR count). The van der Waals surface area contributed by atoms with E-state index in [9.17, 15) is 9.18 Å². The number of aromatic nitrogens is 2. The summed E-state index contributed by atoms with van der Waals surface area (Å²) in [6.07, 6.45) is 5.16. The van der Waals surface area contributed by atoms with Gasteiger partial charge in [0.2, 0.25) is 5.91 Å². The van der Waals surface area contributed by atoms with Crippen LogP contribution in [-0.4, -0.2) is 26.9 Å². The summed E-state index contributed by atoms with van der Waals surface area (Å²) >= 11 is 0. The molecule has 0 aliphatic carbocycles. The fourth-order valence-electron chi connectivity index (χ4n) is 3.85. The van der Waals surface area contributed by atoms with Crippen LogP contribution in [0.3, 0.4) is 0 Å². The molecular formula is C24H25FN4O. The second kappa shape index (κ2) is 8.22.